The van der Waals surface area contributed by atoms with Crippen molar-refractivity contribution in [2.75, 3.05) is 6.61 Å². The number of ether oxygens (including phenoxy) is 1. The summed E-state index contributed by atoms with van der Waals surface area (Å²) in [5, 5.41) is 3.95. The Kier molecular flexibility index (Phi) is 5.50. The first kappa shape index (κ1) is 15.7. The molecule has 1 heterocycles. The van der Waals surface area contributed by atoms with E-state index >= 15 is 0 Å². The number of carbonyl (C=O) groups is 1. The first-order valence-electron chi connectivity index (χ1n) is 6.88. The maximum absolute atomic E-state index is 11.8. The predicted octanol–water partition coefficient (Wildman–Crippen LogP) is 3.48. The van der Waals surface area contributed by atoms with Crippen molar-refractivity contribution >= 4 is 21.9 Å². The Labute approximate surface area is 131 Å². The molecule has 0 N–H and O–H groups in total. The molecule has 1 aromatic heterocycles. The van der Waals surface area contributed by atoms with E-state index in [-0.39, 0.29) is 5.97 Å². The average Bonchev–Trinajstić information content (AvgIpc) is 2.91. The smallest absolute Gasteiger partial charge is 0.318 e. The second-order valence-electron chi connectivity index (χ2n) is 4.53. The SMILES string of the molecule is CCOC(=O)C(CC)c1nc(Cc2ccccc2Br)no1. The highest BCUT2D eigenvalue weighted by molar-refractivity contribution is 9.10. The Morgan fingerprint density at radius 1 is 1.38 bits per heavy atom. The highest BCUT2D eigenvalue weighted by Gasteiger charge is 2.26. The molecule has 0 bridgehead atoms. The van der Waals surface area contributed by atoms with Crippen LogP contribution in [0.15, 0.2) is 33.3 Å². The van der Waals surface area contributed by atoms with Gasteiger partial charge in [0.1, 0.15) is 5.92 Å². The van der Waals surface area contributed by atoms with Crippen molar-refractivity contribution in [3.63, 3.8) is 0 Å². The summed E-state index contributed by atoms with van der Waals surface area (Å²) >= 11 is 3.49. The molecule has 0 aliphatic rings. The molecule has 0 saturated carbocycles. The molecule has 0 fully saturated rings. The Morgan fingerprint density at radius 3 is 2.81 bits per heavy atom. The lowest BCUT2D eigenvalue weighted by molar-refractivity contribution is -0.145. The minimum Gasteiger partial charge on any atom is -0.465 e. The van der Waals surface area contributed by atoms with Gasteiger partial charge in [-0.05, 0) is 25.0 Å². The summed E-state index contributed by atoms with van der Waals surface area (Å²) in [5.41, 5.74) is 1.06. The highest BCUT2D eigenvalue weighted by atomic mass is 79.9. The van der Waals surface area contributed by atoms with Crippen molar-refractivity contribution in [2.24, 2.45) is 0 Å². The fourth-order valence-corrected chi connectivity index (χ4v) is 2.40. The largest absolute Gasteiger partial charge is 0.465 e. The van der Waals surface area contributed by atoms with Crippen molar-refractivity contribution < 1.29 is 14.1 Å². The number of halogens is 1. The number of benzene rings is 1. The van der Waals surface area contributed by atoms with E-state index in [1.54, 1.807) is 6.92 Å². The van der Waals surface area contributed by atoms with E-state index in [1.807, 2.05) is 31.2 Å². The third-order valence-corrected chi connectivity index (χ3v) is 3.84. The summed E-state index contributed by atoms with van der Waals surface area (Å²) in [5.74, 6) is 0.0548. The lowest BCUT2D eigenvalue weighted by atomic mass is 10.1. The minimum absolute atomic E-state index is 0.318. The van der Waals surface area contributed by atoms with Gasteiger partial charge in [-0.15, -0.1) is 0 Å². The zero-order valence-electron chi connectivity index (χ0n) is 12.0. The van der Waals surface area contributed by atoms with Gasteiger partial charge in [-0.2, -0.15) is 4.98 Å². The Balaban J connectivity index is 2.14. The zero-order valence-corrected chi connectivity index (χ0v) is 13.6. The second-order valence-corrected chi connectivity index (χ2v) is 5.38. The van der Waals surface area contributed by atoms with Crippen LogP contribution in [-0.2, 0) is 16.0 Å². The molecule has 21 heavy (non-hydrogen) atoms. The third kappa shape index (κ3) is 3.91. The molecule has 2 rings (SSSR count). The normalized spacial score (nSPS) is 12.1. The van der Waals surface area contributed by atoms with Crippen molar-refractivity contribution in [3.05, 3.63) is 46.0 Å². The summed E-state index contributed by atoms with van der Waals surface area (Å²) in [7, 11) is 0. The maximum atomic E-state index is 11.8. The van der Waals surface area contributed by atoms with Crippen molar-refractivity contribution in [1.82, 2.24) is 10.1 Å². The van der Waals surface area contributed by atoms with Crippen LogP contribution in [0.5, 0.6) is 0 Å². The quantitative estimate of drug-likeness (QED) is 0.744. The number of rotatable bonds is 6. The molecule has 1 unspecified atom stereocenters. The van der Waals surface area contributed by atoms with Crippen LogP contribution in [0.3, 0.4) is 0 Å². The summed E-state index contributed by atoms with van der Waals surface area (Å²) in [6, 6.07) is 7.85. The number of nitrogens with zero attached hydrogens (tertiary/aromatic N) is 2. The summed E-state index contributed by atoms with van der Waals surface area (Å²) < 4.78 is 11.2. The van der Waals surface area contributed by atoms with E-state index in [2.05, 4.69) is 26.1 Å². The van der Waals surface area contributed by atoms with Gasteiger partial charge in [-0.1, -0.05) is 46.2 Å². The van der Waals surface area contributed by atoms with Gasteiger partial charge in [0.05, 0.1) is 6.61 Å². The number of esters is 1. The van der Waals surface area contributed by atoms with E-state index < -0.39 is 5.92 Å². The van der Waals surface area contributed by atoms with Gasteiger partial charge in [-0.25, -0.2) is 0 Å². The molecule has 6 heteroatoms. The average molecular weight is 353 g/mol. The van der Waals surface area contributed by atoms with Gasteiger partial charge in [-0.3, -0.25) is 4.79 Å². The molecular formula is C15H17BrN2O3. The predicted molar refractivity (Wildman–Crippen MR) is 80.9 cm³/mol. The Hall–Kier alpha value is -1.69. The van der Waals surface area contributed by atoms with E-state index in [0.29, 0.717) is 31.2 Å². The van der Waals surface area contributed by atoms with Gasteiger partial charge in [0.2, 0.25) is 5.89 Å². The summed E-state index contributed by atoms with van der Waals surface area (Å²) in [6.07, 6.45) is 1.11. The van der Waals surface area contributed by atoms with Crippen molar-refractivity contribution in [3.8, 4) is 0 Å². The molecule has 1 atom stereocenters. The molecule has 0 amide bonds. The van der Waals surface area contributed by atoms with E-state index in [9.17, 15) is 4.79 Å². The Morgan fingerprint density at radius 2 is 2.14 bits per heavy atom. The molecule has 0 aliphatic heterocycles. The number of hydrogen-bond acceptors (Lipinski definition) is 5. The fraction of sp³-hybridized carbons (Fsp3) is 0.400. The molecule has 0 spiro atoms. The molecule has 5 nitrogen and oxygen atoms in total. The monoisotopic (exact) mass is 352 g/mol. The maximum Gasteiger partial charge on any atom is 0.318 e. The van der Waals surface area contributed by atoms with Crippen LogP contribution in [-0.4, -0.2) is 22.7 Å². The molecule has 0 aliphatic carbocycles. The van der Waals surface area contributed by atoms with Crippen LogP contribution in [0.1, 0.15) is 43.5 Å². The molecule has 0 saturated heterocycles. The zero-order chi connectivity index (χ0) is 15.2. The molecular weight excluding hydrogens is 336 g/mol. The second kappa shape index (κ2) is 7.36. The Bertz CT molecular complexity index is 612. The minimum atomic E-state index is -0.495. The first-order chi connectivity index (χ1) is 10.2. The van der Waals surface area contributed by atoms with Crippen LogP contribution < -0.4 is 0 Å². The fourth-order valence-electron chi connectivity index (χ4n) is 1.98. The van der Waals surface area contributed by atoms with Crippen molar-refractivity contribution in [2.45, 2.75) is 32.6 Å². The molecule has 2 aromatic rings. The highest BCUT2D eigenvalue weighted by Crippen LogP contribution is 2.22. The van der Waals surface area contributed by atoms with Gasteiger partial charge >= 0.3 is 5.97 Å². The first-order valence-corrected chi connectivity index (χ1v) is 7.67. The van der Waals surface area contributed by atoms with Gasteiger partial charge < -0.3 is 9.26 Å². The molecule has 1 aromatic carbocycles. The van der Waals surface area contributed by atoms with Crippen molar-refractivity contribution in [1.29, 1.82) is 0 Å². The van der Waals surface area contributed by atoms with Crippen LogP contribution in [0.2, 0.25) is 0 Å². The summed E-state index contributed by atoms with van der Waals surface area (Å²) in [6.45, 7) is 4.00. The van der Waals surface area contributed by atoms with Gasteiger partial charge in [0.15, 0.2) is 5.82 Å². The number of carbonyl (C=O) groups excluding carboxylic acids is 1. The topological polar surface area (TPSA) is 65.2 Å². The van der Waals surface area contributed by atoms with Gasteiger partial charge in [0.25, 0.3) is 0 Å². The number of aromatic nitrogens is 2. The van der Waals surface area contributed by atoms with Crippen LogP contribution >= 0.6 is 15.9 Å². The van der Waals surface area contributed by atoms with E-state index in [4.69, 9.17) is 9.26 Å². The standard InChI is InChI=1S/C15H17BrN2O3/c1-3-11(15(19)20-4-2)14-17-13(18-21-14)9-10-7-5-6-8-12(10)16/h5-8,11H,3-4,9H2,1-2H3. The molecule has 0 radical (unpaired) electrons. The number of hydrogen-bond donors (Lipinski definition) is 0. The van der Waals surface area contributed by atoms with Crippen LogP contribution in [0, 0.1) is 0 Å². The van der Waals surface area contributed by atoms with E-state index in [0.717, 1.165) is 10.0 Å². The molecule has 112 valence electrons. The van der Waals surface area contributed by atoms with Crippen LogP contribution in [0.4, 0.5) is 0 Å². The van der Waals surface area contributed by atoms with Crippen LogP contribution in [0.25, 0.3) is 0 Å². The lowest BCUT2D eigenvalue weighted by Crippen LogP contribution is -2.15. The van der Waals surface area contributed by atoms with E-state index in [1.165, 1.54) is 0 Å². The lowest BCUT2D eigenvalue weighted by Gasteiger charge is -2.08. The third-order valence-electron chi connectivity index (χ3n) is 3.07. The summed E-state index contributed by atoms with van der Waals surface area (Å²) in [4.78, 5) is 16.2. The van der Waals surface area contributed by atoms with Gasteiger partial charge in [0, 0.05) is 10.9 Å².